The fourth-order valence-electron chi connectivity index (χ4n) is 1.25. The molecule has 0 saturated heterocycles. The smallest absolute Gasteiger partial charge is 0.332 e. The van der Waals surface area contributed by atoms with Gasteiger partial charge in [0.05, 0.1) is 6.08 Å². The summed E-state index contributed by atoms with van der Waals surface area (Å²) < 4.78 is 0. The minimum absolute atomic E-state index is 0.248. The largest absolute Gasteiger partial charge is 0.478 e. The van der Waals surface area contributed by atoms with Crippen LogP contribution in [0.15, 0.2) is 47.3 Å². The van der Waals surface area contributed by atoms with E-state index in [4.69, 9.17) is 9.94 Å². The second-order valence-electron chi connectivity index (χ2n) is 3.20. The number of benzene rings is 1. The lowest BCUT2D eigenvalue weighted by atomic mass is 10.2. The standard InChI is InChI=1S/C11H8N2O4/c14-9(15)6-8-11(16)12-10(13-17-8)7-4-2-1-3-5-7/h1-6H,(H,14,15)(H,12,13,16)/b8-6+. The van der Waals surface area contributed by atoms with E-state index in [-0.39, 0.29) is 11.6 Å². The molecule has 1 aliphatic heterocycles. The summed E-state index contributed by atoms with van der Waals surface area (Å²) in [4.78, 5) is 26.6. The van der Waals surface area contributed by atoms with Gasteiger partial charge in [-0.3, -0.25) is 4.79 Å². The van der Waals surface area contributed by atoms with Crippen molar-refractivity contribution in [2.75, 3.05) is 0 Å². The van der Waals surface area contributed by atoms with Gasteiger partial charge in [-0.2, -0.15) is 0 Å². The van der Waals surface area contributed by atoms with Crippen LogP contribution in [-0.2, 0) is 14.4 Å². The molecular formula is C11H8N2O4. The van der Waals surface area contributed by atoms with Crippen molar-refractivity contribution < 1.29 is 19.5 Å². The molecule has 1 aromatic carbocycles. The number of rotatable bonds is 2. The van der Waals surface area contributed by atoms with Gasteiger partial charge < -0.3 is 15.3 Å². The number of carboxylic acids is 1. The van der Waals surface area contributed by atoms with E-state index in [0.29, 0.717) is 11.6 Å². The first-order valence-electron chi connectivity index (χ1n) is 4.73. The zero-order chi connectivity index (χ0) is 12.3. The fraction of sp³-hybridized carbons (Fsp3) is 0. The second kappa shape index (κ2) is 4.48. The average molecular weight is 232 g/mol. The maximum absolute atomic E-state index is 11.5. The molecule has 0 fully saturated rings. The van der Waals surface area contributed by atoms with Gasteiger partial charge in [0.15, 0.2) is 5.84 Å². The van der Waals surface area contributed by atoms with E-state index in [2.05, 4.69) is 10.5 Å². The number of amides is 1. The number of carbonyl (C=O) groups excluding carboxylic acids is 1. The van der Waals surface area contributed by atoms with Gasteiger partial charge in [0.1, 0.15) is 0 Å². The van der Waals surface area contributed by atoms with Crippen molar-refractivity contribution in [1.29, 1.82) is 0 Å². The molecule has 2 rings (SSSR count). The number of nitrogens with zero attached hydrogens (tertiary/aromatic N) is 1. The minimum Gasteiger partial charge on any atom is -0.478 e. The Morgan fingerprint density at radius 1 is 1.35 bits per heavy atom. The van der Waals surface area contributed by atoms with Gasteiger partial charge >= 0.3 is 5.97 Å². The van der Waals surface area contributed by atoms with Gasteiger partial charge in [-0.1, -0.05) is 35.5 Å². The first kappa shape index (κ1) is 10.9. The molecule has 17 heavy (non-hydrogen) atoms. The van der Waals surface area contributed by atoms with Crippen LogP contribution >= 0.6 is 0 Å². The molecular weight excluding hydrogens is 224 g/mol. The highest BCUT2D eigenvalue weighted by molar-refractivity contribution is 6.13. The molecule has 0 saturated carbocycles. The number of aliphatic carboxylic acids is 1. The van der Waals surface area contributed by atoms with Crippen molar-refractivity contribution in [2.45, 2.75) is 0 Å². The third-order valence-corrected chi connectivity index (χ3v) is 1.99. The molecule has 1 aromatic rings. The minimum atomic E-state index is -1.27. The third kappa shape index (κ3) is 2.49. The van der Waals surface area contributed by atoms with E-state index in [1.54, 1.807) is 24.3 Å². The summed E-state index contributed by atoms with van der Waals surface area (Å²) in [6.07, 6.45) is 0.653. The highest BCUT2D eigenvalue weighted by Crippen LogP contribution is 2.08. The number of hydrogen-bond donors (Lipinski definition) is 2. The van der Waals surface area contributed by atoms with E-state index in [1.165, 1.54) is 0 Å². The Morgan fingerprint density at radius 2 is 2.06 bits per heavy atom. The number of carbonyl (C=O) groups is 2. The van der Waals surface area contributed by atoms with Crippen LogP contribution in [0.2, 0.25) is 0 Å². The topological polar surface area (TPSA) is 88.0 Å². The Bertz CT molecular complexity index is 520. The highest BCUT2D eigenvalue weighted by atomic mass is 16.6. The van der Waals surface area contributed by atoms with Crippen molar-refractivity contribution in [3.05, 3.63) is 47.7 Å². The van der Waals surface area contributed by atoms with Crippen LogP contribution in [0.25, 0.3) is 0 Å². The monoisotopic (exact) mass is 232 g/mol. The van der Waals surface area contributed by atoms with Crippen LogP contribution in [-0.4, -0.2) is 22.8 Å². The van der Waals surface area contributed by atoms with Crippen molar-refractivity contribution in [1.82, 2.24) is 5.32 Å². The molecule has 6 nitrogen and oxygen atoms in total. The molecule has 0 aliphatic carbocycles. The van der Waals surface area contributed by atoms with Crippen LogP contribution in [0.1, 0.15) is 5.56 Å². The Morgan fingerprint density at radius 3 is 2.65 bits per heavy atom. The number of nitrogens with one attached hydrogen (secondary N) is 1. The summed E-state index contributed by atoms with van der Waals surface area (Å²) in [6.45, 7) is 0. The maximum Gasteiger partial charge on any atom is 0.332 e. The number of oxime groups is 1. The SMILES string of the molecule is O=C(O)/C=C1/ON=C(c2ccccc2)NC1=O. The molecule has 0 atom stereocenters. The predicted molar refractivity (Wildman–Crippen MR) is 57.9 cm³/mol. The number of hydrogen-bond acceptors (Lipinski definition) is 4. The van der Waals surface area contributed by atoms with Crippen molar-refractivity contribution in [3.63, 3.8) is 0 Å². The maximum atomic E-state index is 11.5. The molecule has 2 N–H and O–H groups in total. The number of amidine groups is 1. The Kier molecular flexibility index (Phi) is 2.87. The Hall–Kier alpha value is -2.63. The summed E-state index contributed by atoms with van der Waals surface area (Å²) >= 11 is 0. The van der Waals surface area contributed by atoms with E-state index in [1.807, 2.05) is 6.07 Å². The molecule has 1 heterocycles. The summed E-state index contributed by atoms with van der Waals surface area (Å²) in [5.41, 5.74) is 0.676. The van der Waals surface area contributed by atoms with Gasteiger partial charge in [-0.05, 0) is 0 Å². The average Bonchev–Trinajstić information content (AvgIpc) is 2.32. The summed E-state index contributed by atoms with van der Waals surface area (Å²) in [5, 5.41) is 14.6. The van der Waals surface area contributed by atoms with Crippen molar-refractivity contribution >= 4 is 17.7 Å². The van der Waals surface area contributed by atoms with E-state index in [0.717, 1.165) is 0 Å². The lowest BCUT2D eigenvalue weighted by molar-refractivity contribution is -0.132. The predicted octanol–water partition coefficient (Wildman–Crippen LogP) is 0.463. The van der Waals surface area contributed by atoms with E-state index in [9.17, 15) is 9.59 Å². The van der Waals surface area contributed by atoms with E-state index < -0.39 is 11.9 Å². The lowest BCUT2D eigenvalue weighted by Gasteiger charge is -2.14. The molecule has 6 heteroatoms. The molecule has 1 aliphatic rings. The molecule has 86 valence electrons. The normalized spacial score (nSPS) is 17.1. The second-order valence-corrected chi connectivity index (χ2v) is 3.20. The first-order chi connectivity index (χ1) is 8.16. The van der Waals surface area contributed by atoms with Crippen LogP contribution in [0, 0.1) is 0 Å². The lowest BCUT2D eigenvalue weighted by Crippen LogP contribution is -2.36. The van der Waals surface area contributed by atoms with Crippen LogP contribution in [0.5, 0.6) is 0 Å². The van der Waals surface area contributed by atoms with Crippen molar-refractivity contribution in [3.8, 4) is 0 Å². The van der Waals surface area contributed by atoms with Crippen LogP contribution in [0.3, 0.4) is 0 Å². The molecule has 1 amide bonds. The van der Waals surface area contributed by atoms with Gasteiger partial charge in [0, 0.05) is 5.56 Å². The van der Waals surface area contributed by atoms with E-state index >= 15 is 0 Å². The van der Waals surface area contributed by atoms with Gasteiger partial charge in [0.2, 0.25) is 5.76 Å². The van der Waals surface area contributed by atoms with Gasteiger partial charge in [-0.25, -0.2) is 4.79 Å². The van der Waals surface area contributed by atoms with Crippen LogP contribution in [0.4, 0.5) is 0 Å². The Balaban J connectivity index is 2.24. The zero-order valence-corrected chi connectivity index (χ0v) is 8.58. The zero-order valence-electron chi connectivity index (χ0n) is 8.58. The summed E-state index contributed by atoms with van der Waals surface area (Å²) in [7, 11) is 0. The summed E-state index contributed by atoms with van der Waals surface area (Å²) in [6, 6.07) is 8.88. The molecule has 0 spiro atoms. The third-order valence-electron chi connectivity index (χ3n) is 1.99. The highest BCUT2D eigenvalue weighted by Gasteiger charge is 2.21. The molecule has 0 bridgehead atoms. The van der Waals surface area contributed by atoms with Crippen LogP contribution < -0.4 is 5.32 Å². The molecule has 0 radical (unpaired) electrons. The molecule has 0 unspecified atom stereocenters. The fourth-order valence-corrected chi connectivity index (χ4v) is 1.25. The van der Waals surface area contributed by atoms with Gasteiger partial charge in [-0.15, -0.1) is 0 Å². The quantitative estimate of drug-likeness (QED) is 0.725. The van der Waals surface area contributed by atoms with Crippen molar-refractivity contribution in [2.24, 2.45) is 5.16 Å². The number of carboxylic acid groups (broad SMARTS) is 1. The summed E-state index contributed by atoms with van der Waals surface area (Å²) in [5.74, 6) is -2.01. The Labute approximate surface area is 96.2 Å². The van der Waals surface area contributed by atoms with Gasteiger partial charge in [0.25, 0.3) is 5.91 Å². The first-order valence-corrected chi connectivity index (χ1v) is 4.73. The molecule has 0 aromatic heterocycles.